The molecule has 2 aromatic rings. The third kappa shape index (κ3) is 7.27. The Bertz CT molecular complexity index is 1390. The van der Waals surface area contributed by atoms with Crippen LogP contribution in [0.25, 0.3) is 0 Å². The first-order valence-electron chi connectivity index (χ1n) is 17.2. The van der Waals surface area contributed by atoms with Gasteiger partial charge in [0, 0.05) is 56.9 Å². The maximum absolute atomic E-state index is 14.0. The summed E-state index contributed by atoms with van der Waals surface area (Å²) in [6, 6.07) is 12.1. The van der Waals surface area contributed by atoms with E-state index < -0.39 is 12.2 Å². The van der Waals surface area contributed by atoms with Crippen LogP contribution in [0.2, 0.25) is 0 Å². The molecule has 0 aromatic heterocycles. The Kier molecular flexibility index (Phi) is 10.0. The Morgan fingerprint density at radius 3 is 2.20 bits per heavy atom. The summed E-state index contributed by atoms with van der Waals surface area (Å²) < 4.78 is 6.06. The van der Waals surface area contributed by atoms with E-state index in [2.05, 4.69) is 10.2 Å². The Hall–Kier alpha value is -3.79. The number of fused-ring (bicyclic) bond motifs is 1. The molecule has 0 unspecified atom stereocenters. The van der Waals surface area contributed by atoms with E-state index in [1.165, 1.54) is 19.3 Å². The van der Waals surface area contributed by atoms with Crippen LogP contribution in [0.15, 0.2) is 36.4 Å². The fourth-order valence-corrected chi connectivity index (χ4v) is 7.79. The molecule has 0 saturated carbocycles. The minimum atomic E-state index is -0.949. The van der Waals surface area contributed by atoms with Crippen molar-refractivity contribution in [3.8, 4) is 5.75 Å². The van der Waals surface area contributed by atoms with Gasteiger partial charge in [-0.3, -0.25) is 4.79 Å². The minimum Gasteiger partial charge on any atom is -0.507 e. The number of hydrogen-bond donors (Lipinski definition) is 2. The average molecular weight is 632 g/mol. The summed E-state index contributed by atoms with van der Waals surface area (Å²) >= 11 is 0. The molecule has 4 heterocycles. The molecule has 4 aliphatic heterocycles. The van der Waals surface area contributed by atoms with Crippen molar-refractivity contribution in [3.05, 3.63) is 58.7 Å². The molecule has 248 valence electrons. The van der Waals surface area contributed by atoms with Crippen molar-refractivity contribution in [2.75, 3.05) is 51.1 Å². The zero-order valence-electron chi connectivity index (χ0n) is 27.4. The Balaban J connectivity index is 1.09. The lowest BCUT2D eigenvalue weighted by Crippen LogP contribution is -2.53. The first kappa shape index (κ1) is 32.2. The van der Waals surface area contributed by atoms with Gasteiger partial charge in [0.25, 0.3) is 5.91 Å². The van der Waals surface area contributed by atoms with Crippen molar-refractivity contribution in [1.82, 2.24) is 19.6 Å². The van der Waals surface area contributed by atoms with Crippen molar-refractivity contribution in [1.29, 1.82) is 0 Å². The summed E-state index contributed by atoms with van der Waals surface area (Å²) in [5, 5.41) is 13.4. The fraction of sp³-hybridized carbons (Fsp3) is 0.583. The van der Waals surface area contributed by atoms with E-state index in [9.17, 15) is 19.5 Å². The Labute approximate surface area is 272 Å². The highest BCUT2D eigenvalue weighted by Crippen LogP contribution is 2.28. The van der Waals surface area contributed by atoms with Crippen molar-refractivity contribution in [2.24, 2.45) is 0 Å². The second-order valence-corrected chi connectivity index (χ2v) is 13.6. The number of carbonyl (C=O) groups excluding carboxylic acids is 3. The zero-order valence-corrected chi connectivity index (χ0v) is 27.4. The lowest BCUT2D eigenvalue weighted by molar-refractivity contribution is -0.142. The number of phenolic OH excluding ortho intramolecular Hbond substituents is 1. The van der Waals surface area contributed by atoms with Gasteiger partial charge >= 0.3 is 12.1 Å². The van der Waals surface area contributed by atoms with Crippen molar-refractivity contribution in [2.45, 2.75) is 89.8 Å². The van der Waals surface area contributed by atoms with Gasteiger partial charge in [0.1, 0.15) is 5.75 Å². The number of benzene rings is 2. The van der Waals surface area contributed by atoms with Gasteiger partial charge < -0.3 is 34.8 Å². The number of amides is 4. The molecule has 46 heavy (non-hydrogen) atoms. The molecular formula is C36H49N5O5. The monoisotopic (exact) mass is 631 g/mol. The average Bonchev–Trinajstić information content (AvgIpc) is 3.25. The number of aryl methyl sites for hydroxylation is 2. The summed E-state index contributed by atoms with van der Waals surface area (Å²) in [6.07, 6.45) is 6.58. The van der Waals surface area contributed by atoms with E-state index in [-0.39, 0.29) is 30.2 Å². The maximum atomic E-state index is 14.0. The van der Waals surface area contributed by atoms with Crippen LogP contribution >= 0.6 is 0 Å². The Morgan fingerprint density at radius 1 is 0.870 bits per heavy atom. The van der Waals surface area contributed by atoms with Gasteiger partial charge in [-0.05, 0) is 100 Å². The smallest absolute Gasteiger partial charge is 0.410 e. The molecule has 2 aromatic carbocycles. The number of carbonyl (C=O) groups is 3. The number of urea groups is 1. The normalized spacial score (nSPS) is 20.9. The molecule has 1 atom stereocenters. The van der Waals surface area contributed by atoms with Gasteiger partial charge in [0.15, 0.2) is 6.10 Å². The van der Waals surface area contributed by atoms with E-state index in [1.807, 2.05) is 60.0 Å². The van der Waals surface area contributed by atoms with E-state index >= 15 is 0 Å². The van der Waals surface area contributed by atoms with E-state index in [0.29, 0.717) is 51.6 Å². The lowest BCUT2D eigenvalue weighted by atomic mass is 9.98. The second kappa shape index (κ2) is 14.3. The number of nitrogens with one attached hydrogen (secondary N) is 1. The predicted octanol–water partition coefficient (Wildman–Crippen LogP) is 5.09. The van der Waals surface area contributed by atoms with Crippen molar-refractivity contribution >= 4 is 23.7 Å². The molecule has 0 bridgehead atoms. The summed E-state index contributed by atoms with van der Waals surface area (Å²) in [5.74, 6) is 0.0952. The molecule has 10 nitrogen and oxygen atoms in total. The Morgan fingerprint density at radius 2 is 1.50 bits per heavy atom. The van der Waals surface area contributed by atoms with Gasteiger partial charge in [-0.1, -0.05) is 36.8 Å². The van der Waals surface area contributed by atoms with Crippen LogP contribution in [-0.4, -0.2) is 107 Å². The van der Waals surface area contributed by atoms with E-state index in [1.54, 1.807) is 4.90 Å². The van der Waals surface area contributed by atoms with Crippen LogP contribution in [0.4, 0.5) is 15.3 Å². The SMILES string of the molecule is Cc1cc(C[C@@H](OC(=O)N2CCC(N3CCc4ccccc4NC3=O)CC2)C(=O)N2CCC(N3CCCCC3)CC2)cc(C)c1O. The first-order chi connectivity index (χ1) is 22.3. The van der Waals surface area contributed by atoms with Gasteiger partial charge in [0.2, 0.25) is 0 Å². The molecule has 6 rings (SSSR count). The summed E-state index contributed by atoms with van der Waals surface area (Å²) in [6.45, 7) is 8.84. The third-order valence-corrected chi connectivity index (χ3v) is 10.5. The van der Waals surface area contributed by atoms with E-state index in [4.69, 9.17) is 4.74 Å². The summed E-state index contributed by atoms with van der Waals surface area (Å²) in [4.78, 5) is 48.7. The molecule has 2 N–H and O–H groups in total. The number of anilines is 1. The molecule has 10 heteroatoms. The number of ether oxygens (including phenoxy) is 1. The largest absolute Gasteiger partial charge is 0.507 e. The fourth-order valence-electron chi connectivity index (χ4n) is 7.79. The number of nitrogens with zero attached hydrogens (tertiary/aromatic N) is 4. The number of phenols is 1. The molecule has 4 amide bonds. The predicted molar refractivity (Wildman–Crippen MR) is 177 cm³/mol. The van der Waals surface area contributed by atoms with Crippen molar-refractivity contribution < 1.29 is 24.2 Å². The van der Waals surface area contributed by atoms with Crippen LogP contribution in [0.3, 0.4) is 0 Å². The van der Waals surface area contributed by atoms with Crippen LogP contribution < -0.4 is 5.32 Å². The molecule has 3 fully saturated rings. The number of aromatic hydroxyl groups is 1. The van der Waals surface area contributed by atoms with Gasteiger partial charge in [-0.25, -0.2) is 9.59 Å². The molecule has 0 aliphatic carbocycles. The van der Waals surface area contributed by atoms with Crippen LogP contribution in [-0.2, 0) is 22.4 Å². The second-order valence-electron chi connectivity index (χ2n) is 13.6. The molecule has 3 saturated heterocycles. The minimum absolute atomic E-state index is 0.0277. The highest BCUT2D eigenvalue weighted by atomic mass is 16.6. The van der Waals surface area contributed by atoms with Gasteiger partial charge in [-0.15, -0.1) is 0 Å². The topological polar surface area (TPSA) is 106 Å². The number of hydrogen-bond acceptors (Lipinski definition) is 6. The zero-order chi connectivity index (χ0) is 32.2. The molecule has 0 spiro atoms. The molecule has 4 aliphatic rings. The molecular weight excluding hydrogens is 582 g/mol. The van der Waals surface area contributed by atoms with E-state index in [0.717, 1.165) is 60.3 Å². The summed E-state index contributed by atoms with van der Waals surface area (Å²) in [5.41, 5.74) is 4.32. The summed E-state index contributed by atoms with van der Waals surface area (Å²) in [7, 11) is 0. The molecule has 0 radical (unpaired) electrons. The number of rotatable bonds is 6. The standard InChI is InChI=1S/C36H49N5O5/c1-25-22-27(23-26(2)33(25)42)24-32(34(43)39-17-11-29(12-18-39)38-15-6-3-7-16-38)46-36(45)40-19-13-30(14-20-40)41-21-10-28-8-4-5-9-31(28)37-35(41)44/h4-5,8-9,22-23,29-30,32,42H,3,6-7,10-21,24H2,1-2H3,(H,37,44)/t32-/m1/s1. The highest BCUT2D eigenvalue weighted by molar-refractivity contribution is 5.91. The van der Waals surface area contributed by atoms with Crippen LogP contribution in [0.5, 0.6) is 5.75 Å². The van der Waals surface area contributed by atoms with Crippen molar-refractivity contribution in [3.63, 3.8) is 0 Å². The van der Waals surface area contributed by atoms with Crippen LogP contribution in [0.1, 0.15) is 67.2 Å². The number of para-hydroxylation sites is 1. The maximum Gasteiger partial charge on any atom is 0.410 e. The third-order valence-electron chi connectivity index (χ3n) is 10.5. The highest BCUT2D eigenvalue weighted by Gasteiger charge is 2.36. The first-order valence-corrected chi connectivity index (χ1v) is 17.2. The quantitative estimate of drug-likeness (QED) is 0.461. The van der Waals surface area contributed by atoms with Crippen LogP contribution in [0, 0.1) is 13.8 Å². The van der Waals surface area contributed by atoms with Gasteiger partial charge in [-0.2, -0.15) is 0 Å². The van der Waals surface area contributed by atoms with Gasteiger partial charge in [0.05, 0.1) is 0 Å². The number of piperidine rings is 3. The lowest BCUT2D eigenvalue weighted by Gasteiger charge is -2.41. The number of likely N-dealkylation sites (tertiary alicyclic amines) is 3.